The number of fused-ring (bicyclic) bond motifs is 7. The summed E-state index contributed by atoms with van der Waals surface area (Å²) >= 11 is 0. The predicted octanol–water partition coefficient (Wildman–Crippen LogP) is 6.68. The number of nitrogens with zero attached hydrogens (tertiary/aromatic N) is 3. The highest BCUT2D eigenvalue weighted by Gasteiger charge is 2.31. The second-order valence-corrected chi connectivity index (χ2v) is 10.8. The van der Waals surface area contributed by atoms with E-state index in [1.165, 1.54) is 6.33 Å². The van der Waals surface area contributed by atoms with Crippen LogP contribution in [0, 0.1) is 0 Å². The van der Waals surface area contributed by atoms with Gasteiger partial charge in [-0.1, -0.05) is 97.1 Å². The molecule has 6 aromatic rings. The molecule has 2 heterocycles. The molecule has 1 amide bonds. The van der Waals surface area contributed by atoms with Gasteiger partial charge in [-0.2, -0.15) is 0 Å². The van der Waals surface area contributed by atoms with E-state index in [9.17, 15) is 9.59 Å². The Balaban J connectivity index is 0.992. The zero-order chi connectivity index (χ0) is 29.6. The van der Waals surface area contributed by atoms with Gasteiger partial charge in [0.1, 0.15) is 18.7 Å². The van der Waals surface area contributed by atoms with Crippen molar-refractivity contribution in [3.05, 3.63) is 131 Å². The van der Waals surface area contributed by atoms with Gasteiger partial charge in [-0.05, 0) is 44.5 Å². The van der Waals surface area contributed by atoms with Crippen molar-refractivity contribution in [2.24, 2.45) is 0 Å². The van der Waals surface area contributed by atoms with Gasteiger partial charge < -0.3 is 14.5 Å². The Bertz CT molecular complexity index is 2000. The molecule has 9 heteroatoms. The number of rotatable bonds is 6. The van der Waals surface area contributed by atoms with E-state index in [4.69, 9.17) is 9.47 Å². The van der Waals surface area contributed by atoms with Crippen molar-refractivity contribution in [3.8, 4) is 22.3 Å². The minimum atomic E-state index is -0.715. The van der Waals surface area contributed by atoms with Crippen molar-refractivity contribution in [1.29, 1.82) is 0 Å². The summed E-state index contributed by atoms with van der Waals surface area (Å²) in [4.78, 5) is 42.0. The lowest BCUT2D eigenvalue weighted by Crippen LogP contribution is -2.20. The number of ether oxygens (including phenoxy) is 2. The number of aromatic nitrogens is 4. The summed E-state index contributed by atoms with van der Waals surface area (Å²) in [6.45, 7) is 0.250. The minimum absolute atomic E-state index is 0.0771. The van der Waals surface area contributed by atoms with E-state index in [-0.39, 0.29) is 42.3 Å². The normalized spacial score (nSPS) is 13.2. The summed E-state index contributed by atoms with van der Waals surface area (Å²) in [5.74, 6) is -1.06. The van der Waals surface area contributed by atoms with Crippen LogP contribution < -0.4 is 5.32 Å². The van der Waals surface area contributed by atoms with E-state index in [1.54, 1.807) is 0 Å². The Labute approximate surface area is 251 Å². The number of aromatic amines is 1. The highest BCUT2D eigenvalue weighted by Crippen LogP contribution is 2.45. The van der Waals surface area contributed by atoms with Crippen LogP contribution in [0.5, 0.6) is 0 Å². The predicted molar refractivity (Wildman–Crippen MR) is 164 cm³/mol. The van der Waals surface area contributed by atoms with Crippen LogP contribution in [0.2, 0.25) is 0 Å². The standard InChI is InChI=1S/C35H25N5O4/c41-34(43-17-28-24-13-5-1-9-20(24)21-10-2-6-14-25(21)28)33-38-31-30(36-19-37-31)32(39-33)40-35(42)44-18-29-26-15-7-3-11-22(26)23-12-4-8-16-27(23)29/h1-16,19,28-29H,17-18H2,(H2,36,37,38,39,40,42). The molecule has 0 unspecified atom stereocenters. The van der Waals surface area contributed by atoms with Crippen LogP contribution in [0.4, 0.5) is 10.6 Å². The fourth-order valence-electron chi connectivity index (χ4n) is 6.41. The lowest BCUT2D eigenvalue weighted by molar-refractivity contribution is 0.0479. The molecule has 0 aliphatic heterocycles. The molecule has 0 atom stereocenters. The first-order chi connectivity index (χ1) is 21.7. The zero-order valence-electron chi connectivity index (χ0n) is 23.4. The maximum atomic E-state index is 13.2. The van der Waals surface area contributed by atoms with E-state index in [0.29, 0.717) is 5.52 Å². The average molecular weight is 580 g/mol. The SMILES string of the molecule is O=C(Nc1nc(C(=O)OCC2c3ccccc3-c3ccccc32)nc2nc[nH]c12)OCC1c2ccccc2-c2ccccc21. The molecular formula is C35H25N5O4. The minimum Gasteiger partial charge on any atom is -0.459 e. The van der Waals surface area contributed by atoms with Crippen molar-refractivity contribution in [1.82, 2.24) is 19.9 Å². The smallest absolute Gasteiger partial charge is 0.412 e. The van der Waals surface area contributed by atoms with E-state index in [2.05, 4.69) is 73.8 Å². The molecule has 0 saturated carbocycles. The molecule has 9 nitrogen and oxygen atoms in total. The summed E-state index contributed by atoms with van der Waals surface area (Å²) in [6.07, 6.45) is 0.712. The van der Waals surface area contributed by atoms with E-state index in [0.717, 1.165) is 44.5 Å². The molecule has 2 N–H and O–H groups in total. The molecule has 4 aromatic carbocycles. The van der Waals surface area contributed by atoms with E-state index >= 15 is 0 Å². The van der Waals surface area contributed by atoms with Gasteiger partial charge in [-0.15, -0.1) is 0 Å². The number of nitrogens with one attached hydrogen (secondary N) is 2. The monoisotopic (exact) mass is 579 g/mol. The largest absolute Gasteiger partial charge is 0.459 e. The first-order valence-corrected chi connectivity index (χ1v) is 14.3. The van der Waals surface area contributed by atoms with Crippen molar-refractivity contribution in [2.75, 3.05) is 18.5 Å². The molecule has 0 spiro atoms. The van der Waals surface area contributed by atoms with Crippen LogP contribution in [-0.4, -0.2) is 45.2 Å². The van der Waals surface area contributed by atoms with Gasteiger partial charge in [-0.25, -0.2) is 24.5 Å². The highest BCUT2D eigenvalue weighted by molar-refractivity contribution is 5.96. The first kappa shape index (κ1) is 25.8. The Kier molecular flexibility index (Phi) is 6.15. The summed E-state index contributed by atoms with van der Waals surface area (Å²) in [6, 6.07) is 32.5. The maximum Gasteiger partial charge on any atom is 0.412 e. The number of benzene rings is 4. The Morgan fingerprint density at radius 3 is 1.66 bits per heavy atom. The first-order valence-electron chi connectivity index (χ1n) is 14.3. The van der Waals surface area contributed by atoms with Crippen molar-refractivity contribution in [2.45, 2.75) is 11.8 Å². The van der Waals surface area contributed by atoms with Crippen LogP contribution in [-0.2, 0) is 9.47 Å². The van der Waals surface area contributed by atoms with Crippen molar-refractivity contribution in [3.63, 3.8) is 0 Å². The number of amides is 1. The van der Waals surface area contributed by atoms with Crippen LogP contribution in [0.1, 0.15) is 44.7 Å². The number of imidazole rings is 1. The Hall–Kier alpha value is -5.83. The van der Waals surface area contributed by atoms with Crippen LogP contribution >= 0.6 is 0 Å². The van der Waals surface area contributed by atoms with Gasteiger partial charge in [0.15, 0.2) is 11.5 Å². The molecule has 214 valence electrons. The summed E-state index contributed by atoms with van der Waals surface area (Å²) < 4.78 is 11.4. The topological polar surface area (TPSA) is 119 Å². The molecule has 0 saturated heterocycles. The third kappa shape index (κ3) is 4.29. The third-order valence-electron chi connectivity index (χ3n) is 8.38. The van der Waals surface area contributed by atoms with Gasteiger partial charge in [0, 0.05) is 11.8 Å². The lowest BCUT2D eigenvalue weighted by Gasteiger charge is -2.15. The lowest BCUT2D eigenvalue weighted by atomic mass is 9.98. The number of carbonyl (C=O) groups is 2. The molecule has 2 aromatic heterocycles. The van der Waals surface area contributed by atoms with Gasteiger partial charge in [0.05, 0.1) is 6.33 Å². The molecule has 0 bridgehead atoms. The molecular weight excluding hydrogens is 554 g/mol. The second-order valence-electron chi connectivity index (χ2n) is 10.8. The van der Waals surface area contributed by atoms with Gasteiger partial charge in [0.25, 0.3) is 0 Å². The number of esters is 1. The maximum absolute atomic E-state index is 13.2. The van der Waals surface area contributed by atoms with E-state index < -0.39 is 12.1 Å². The van der Waals surface area contributed by atoms with E-state index in [1.807, 2.05) is 48.5 Å². The van der Waals surface area contributed by atoms with Gasteiger partial charge in [-0.3, -0.25) is 5.32 Å². The highest BCUT2D eigenvalue weighted by atomic mass is 16.5. The number of hydrogen-bond acceptors (Lipinski definition) is 7. The fourth-order valence-corrected chi connectivity index (χ4v) is 6.41. The van der Waals surface area contributed by atoms with Gasteiger partial charge in [0.2, 0.25) is 5.82 Å². The molecule has 44 heavy (non-hydrogen) atoms. The number of hydrogen-bond donors (Lipinski definition) is 2. The Morgan fingerprint density at radius 1 is 0.659 bits per heavy atom. The third-order valence-corrected chi connectivity index (χ3v) is 8.38. The number of carbonyl (C=O) groups excluding carboxylic acids is 2. The van der Waals surface area contributed by atoms with Crippen molar-refractivity contribution >= 4 is 29.0 Å². The average Bonchev–Trinajstić information content (AvgIpc) is 3.76. The van der Waals surface area contributed by atoms with Gasteiger partial charge >= 0.3 is 12.1 Å². The molecule has 2 aliphatic rings. The zero-order valence-corrected chi connectivity index (χ0v) is 23.4. The molecule has 2 aliphatic carbocycles. The van der Waals surface area contributed by atoms with Crippen LogP contribution in [0.25, 0.3) is 33.4 Å². The summed E-state index contributed by atoms with van der Waals surface area (Å²) in [5, 5.41) is 2.67. The molecule has 8 rings (SSSR count). The molecule has 0 radical (unpaired) electrons. The second kappa shape index (κ2) is 10.5. The fraction of sp³-hybridized carbons (Fsp3) is 0.114. The number of anilines is 1. The van der Waals surface area contributed by atoms with Crippen LogP contribution in [0.3, 0.4) is 0 Å². The summed E-state index contributed by atoms with van der Waals surface area (Å²) in [5.41, 5.74) is 9.55. The summed E-state index contributed by atoms with van der Waals surface area (Å²) in [7, 11) is 0. The number of H-pyrrole nitrogens is 1. The Morgan fingerprint density at radius 2 is 1.14 bits per heavy atom. The van der Waals surface area contributed by atoms with Crippen molar-refractivity contribution < 1.29 is 19.1 Å². The molecule has 0 fully saturated rings. The quantitative estimate of drug-likeness (QED) is 0.211. The van der Waals surface area contributed by atoms with Crippen LogP contribution in [0.15, 0.2) is 103 Å².